The summed E-state index contributed by atoms with van der Waals surface area (Å²) in [4.78, 5) is 16.1. The first-order valence-corrected chi connectivity index (χ1v) is 7.39. The molecule has 0 fully saturated rings. The summed E-state index contributed by atoms with van der Waals surface area (Å²) in [5.74, 6) is -1.73. The Morgan fingerprint density at radius 2 is 1.79 bits per heavy atom. The SMILES string of the molecule is O=C(NCc1c(F)cccc1F)c1ccc(Cn2ccnc2)cc1. The number of imidazole rings is 1. The van der Waals surface area contributed by atoms with Gasteiger partial charge in [-0.15, -0.1) is 0 Å². The van der Waals surface area contributed by atoms with Gasteiger partial charge in [0.15, 0.2) is 0 Å². The van der Waals surface area contributed by atoms with Gasteiger partial charge in [0.2, 0.25) is 0 Å². The first-order valence-electron chi connectivity index (χ1n) is 7.39. The quantitative estimate of drug-likeness (QED) is 0.782. The minimum atomic E-state index is -0.675. The Hall–Kier alpha value is -3.02. The summed E-state index contributed by atoms with van der Waals surface area (Å²) in [6.07, 6.45) is 5.26. The molecule has 0 spiro atoms. The van der Waals surface area contributed by atoms with Crippen LogP contribution in [0.1, 0.15) is 21.5 Å². The molecule has 0 aliphatic rings. The number of carbonyl (C=O) groups excluding carboxylic acids is 1. The molecule has 0 radical (unpaired) electrons. The number of nitrogens with one attached hydrogen (secondary N) is 1. The molecule has 0 atom stereocenters. The Balaban J connectivity index is 1.63. The van der Waals surface area contributed by atoms with Gasteiger partial charge in [-0.05, 0) is 29.8 Å². The molecule has 122 valence electrons. The molecule has 0 saturated heterocycles. The number of rotatable bonds is 5. The van der Waals surface area contributed by atoms with Crippen LogP contribution in [0.4, 0.5) is 8.78 Å². The molecule has 1 heterocycles. The fourth-order valence-corrected chi connectivity index (χ4v) is 2.32. The average Bonchev–Trinajstić information content (AvgIpc) is 3.08. The molecule has 1 N–H and O–H groups in total. The maximum absolute atomic E-state index is 13.5. The Kier molecular flexibility index (Phi) is 4.65. The number of amides is 1. The molecule has 0 saturated carbocycles. The van der Waals surface area contributed by atoms with Gasteiger partial charge in [-0.25, -0.2) is 13.8 Å². The van der Waals surface area contributed by atoms with Crippen molar-refractivity contribution < 1.29 is 13.6 Å². The van der Waals surface area contributed by atoms with E-state index >= 15 is 0 Å². The minimum absolute atomic E-state index is 0.150. The summed E-state index contributed by atoms with van der Waals surface area (Å²) in [6.45, 7) is 0.455. The lowest BCUT2D eigenvalue weighted by atomic mass is 10.1. The van der Waals surface area contributed by atoms with Gasteiger partial charge >= 0.3 is 0 Å². The third-order valence-electron chi connectivity index (χ3n) is 3.63. The Morgan fingerprint density at radius 1 is 1.08 bits per heavy atom. The van der Waals surface area contributed by atoms with E-state index in [-0.39, 0.29) is 18.0 Å². The molecular formula is C18H15F2N3O. The third-order valence-corrected chi connectivity index (χ3v) is 3.63. The molecule has 24 heavy (non-hydrogen) atoms. The van der Waals surface area contributed by atoms with Crippen LogP contribution in [-0.4, -0.2) is 15.5 Å². The Morgan fingerprint density at radius 3 is 2.42 bits per heavy atom. The van der Waals surface area contributed by atoms with E-state index in [4.69, 9.17) is 0 Å². The highest BCUT2D eigenvalue weighted by Gasteiger charge is 2.11. The number of benzene rings is 2. The van der Waals surface area contributed by atoms with E-state index in [1.54, 1.807) is 24.7 Å². The lowest BCUT2D eigenvalue weighted by molar-refractivity contribution is 0.0950. The molecule has 0 bridgehead atoms. The van der Waals surface area contributed by atoms with Crippen LogP contribution in [0.25, 0.3) is 0 Å². The predicted octanol–water partition coefficient (Wildman–Crippen LogP) is 3.14. The van der Waals surface area contributed by atoms with E-state index in [0.717, 1.165) is 17.7 Å². The molecule has 0 unspecified atom stereocenters. The summed E-state index contributed by atoms with van der Waals surface area (Å²) in [6, 6.07) is 10.6. The zero-order chi connectivity index (χ0) is 16.9. The van der Waals surface area contributed by atoms with Gasteiger partial charge < -0.3 is 9.88 Å². The van der Waals surface area contributed by atoms with Crippen LogP contribution in [0.5, 0.6) is 0 Å². The highest BCUT2D eigenvalue weighted by atomic mass is 19.1. The Bertz CT molecular complexity index is 810. The standard InChI is InChI=1S/C18H15F2N3O/c19-16-2-1-3-17(20)15(16)10-22-18(24)14-6-4-13(5-7-14)11-23-9-8-21-12-23/h1-9,12H,10-11H2,(H,22,24). The molecule has 3 aromatic rings. The number of carbonyl (C=O) groups is 1. The largest absolute Gasteiger partial charge is 0.348 e. The van der Waals surface area contributed by atoms with Crippen LogP contribution in [-0.2, 0) is 13.1 Å². The number of hydrogen-bond acceptors (Lipinski definition) is 2. The van der Waals surface area contributed by atoms with Gasteiger partial charge in [0, 0.05) is 36.6 Å². The smallest absolute Gasteiger partial charge is 0.251 e. The minimum Gasteiger partial charge on any atom is -0.348 e. The van der Waals surface area contributed by atoms with Gasteiger partial charge in [-0.2, -0.15) is 0 Å². The van der Waals surface area contributed by atoms with Gasteiger partial charge in [0.1, 0.15) is 11.6 Å². The van der Waals surface area contributed by atoms with Crippen LogP contribution in [0.15, 0.2) is 61.2 Å². The van der Waals surface area contributed by atoms with Crippen molar-refractivity contribution in [2.45, 2.75) is 13.1 Å². The lowest BCUT2D eigenvalue weighted by Crippen LogP contribution is -2.24. The predicted molar refractivity (Wildman–Crippen MR) is 85.3 cm³/mol. The summed E-state index contributed by atoms with van der Waals surface area (Å²) in [7, 11) is 0. The summed E-state index contributed by atoms with van der Waals surface area (Å²) < 4.78 is 29.0. The van der Waals surface area contributed by atoms with E-state index < -0.39 is 11.6 Å². The first kappa shape index (κ1) is 15.9. The van der Waals surface area contributed by atoms with Crippen LogP contribution in [0.2, 0.25) is 0 Å². The van der Waals surface area contributed by atoms with Gasteiger partial charge in [0.05, 0.1) is 6.33 Å². The van der Waals surface area contributed by atoms with E-state index in [1.807, 2.05) is 22.9 Å². The number of aromatic nitrogens is 2. The number of nitrogens with zero attached hydrogens (tertiary/aromatic N) is 2. The van der Waals surface area contributed by atoms with E-state index in [2.05, 4.69) is 10.3 Å². The molecule has 2 aromatic carbocycles. The second-order valence-electron chi connectivity index (χ2n) is 5.31. The van der Waals surface area contributed by atoms with Gasteiger partial charge in [-0.1, -0.05) is 18.2 Å². The normalized spacial score (nSPS) is 10.6. The molecule has 1 amide bonds. The highest BCUT2D eigenvalue weighted by molar-refractivity contribution is 5.94. The fourth-order valence-electron chi connectivity index (χ4n) is 2.32. The van der Waals surface area contributed by atoms with Crippen molar-refractivity contribution in [2.24, 2.45) is 0 Å². The fraction of sp³-hybridized carbons (Fsp3) is 0.111. The molecule has 0 aliphatic heterocycles. The lowest BCUT2D eigenvalue weighted by Gasteiger charge is -2.08. The van der Waals surface area contributed by atoms with E-state index in [1.165, 1.54) is 6.07 Å². The van der Waals surface area contributed by atoms with Crippen molar-refractivity contribution in [1.82, 2.24) is 14.9 Å². The second kappa shape index (κ2) is 7.04. The van der Waals surface area contributed by atoms with Crippen molar-refractivity contribution in [3.63, 3.8) is 0 Å². The maximum Gasteiger partial charge on any atom is 0.251 e. The van der Waals surface area contributed by atoms with Crippen molar-refractivity contribution in [3.05, 3.63) is 89.5 Å². The number of halogens is 2. The molecule has 3 rings (SSSR count). The molecular weight excluding hydrogens is 312 g/mol. The first-order chi connectivity index (χ1) is 11.6. The van der Waals surface area contributed by atoms with E-state index in [0.29, 0.717) is 12.1 Å². The molecule has 1 aromatic heterocycles. The van der Waals surface area contributed by atoms with Crippen LogP contribution < -0.4 is 5.32 Å². The van der Waals surface area contributed by atoms with Crippen molar-refractivity contribution in [1.29, 1.82) is 0 Å². The van der Waals surface area contributed by atoms with E-state index in [9.17, 15) is 13.6 Å². The molecule has 0 aliphatic carbocycles. The Labute approximate surface area is 137 Å². The average molecular weight is 327 g/mol. The second-order valence-corrected chi connectivity index (χ2v) is 5.31. The van der Waals surface area contributed by atoms with Crippen molar-refractivity contribution in [2.75, 3.05) is 0 Å². The third kappa shape index (κ3) is 3.65. The van der Waals surface area contributed by atoms with Crippen molar-refractivity contribution in [3.8, 4) is 0 Å². The molecule has 4 nitrogen and oxygen atoms in total. The van der Waals surface area contributed by atoms with Crippen LogP contribution in [0, 0.1) is 11.6 Å². The van der Waals surface area contributed by atoms with Crippen LogP contribution in [0.3, 0.4) is 0 Å². The van der Waals surface area contributed by atoms with Crippen LogP contribution >= 0.6 is 0 Å². The summed E-state index contributed by atoms with van der Waals surface area (Å²) >= 11 is 0. The zero-order valence-electron chi connectivity index (χ0n) is 12.7. The highest BCUT2D eigenvalue weighted by Crippen LogP contribution is 2.12. The van der Waals surface area contributed by atoms with Gasteiger partial charge in [0.25, 0.3) is 5.91 Å². The zero-order valence-corrected chi connectivity index (χ0v) is 12.7. The monoisotopic (exact) mass is 327 g/mol. The number of hydrogen-bond donors (Lipinski definition) is 1. The summed E-state index contributed by atoms with van der Waals surface area (Å²) in [5, 5.41) is 2.53. The van der Waals surface area contributed by atoms with Gasteiger partial charge in [-0.3, -0.25) is 4.79 Å². The van der Waals surface area contributed by atoms with Crippen molar-refractivity contribution >= 4 is 5.91 Å². The maximum atomic E-state index is 13.5. The summed E-state index contributed by atoms with van der Waals surface area (Å²) in [5.41, 5.74) is 1.30. The molecule has 6 heteroatoms. The topological polar surface area (TPSA) is 46.9 Å².